The van der Waals surface area contributed by atoms with Crippen molar-refractivity contribution >= 4 is 23.2 Å². The summed E-state index contributed by atoms with van der Waals surface area (Å²) < 4.78 is 11.5. The van der Waals surface area contributed by atoms with Crippen LogP contribution in [0, 0.1) is 0 Å². The van der Waals surface area contributed by atoms with Crippen LogP contribution in [0.15, 0.2) is 82.5 Å². The average Bonchev–Trinajstić information content (AvgIpc) is 3.57. The maximum absolute atomic E-state index is 13.3. The third kappa shape index (κ3) is 5.93. The maximum Gasteiger partial charge on any atom is 0.257 e. The van der Waals surface area contributed by atoms with Crippen LogP contribution in [0.5, 0.6) is 5.75 Å². The molecule has 0 N–H and O–H groups in total. The SMILES string of the molecule is O=C(CN1CCN(CCOc2ccccc2)CC1)N1N=C(c2ccc(Cl)cc2)CC1c1ccco1. The van der Waals surface area contributed by atoms with Gasteiger partial charge in [-0.2, -0.15) is 5.10 Å². The molecule has 1 fully saturated rings. The number of furan rings is 1. The van der Waals surface area contributed by atoms with Crippen LogP contribution in [-0.2, 0) is 4.79 Å². The Morgan fingerprint density at radius 3 is 2.43 bits per heavy atom. The van der Waals surface area contributed by atoms with Crippen LogP contribution in [0.3, 0.4) is 0 Å². The molecule has 1 atom stereocenters. The minimum Gasteiger partial charge on any atom is -0.492 e. The standard InChI is InChI=1S/C27H29ClN4O3/c28-22-10-8-21(9-11-22)24-19-25(26-7-4-17-35-26)32(29-24)27(33)20-31-14-12-30(13-15-31)16-18-34-23-5-2-1-3-6-23/h1-11,17,25H,12-16,18-20H2. The van der Waals surface area contributed by atoms with Gasteiger partial charge in [0.1, 0.15) is 24.2 Å². The van der Waals surface area contributed by atoms with Crippen LogP contribution in [0.25, 0.3) is 0 Å². The van der Waals surface area contributed by atoms with E-state index < -0.39 is 0 Å². The summed E-state index contributed by atoms with van der Waals surface area (Å²) in [6.07, 6.45) is 2.25. The Morgan fingerprint density at radius 1 is 0.971 bits per heavy atom. The molecule has 1 unspecified atom stereocenters. The van der Waals surface area contributed by atoms with Crippen LogP contribution in [0.4, 0.5) is 0 Å². The quantitative estimate of drug-likeness (QED) is 0.469. The predicted molar refractivity (Wildman–Crippen MR) is 136 cm³/mol. The second-order valence-corrected chi connectivity index (χ2v) is 9.24. The Balaban J connectivity index is 1.16. The van der Waals surface area contributed by atoms with E-state index in [0.29, 0.717) is 24.6 Å². The van der Waals surface area contributed by atoms with Gasteiger partial charge in [-0.15, -0.1) is 0 Å². The Hall–Kier alpha value is -3.13. The lowest BCUT2D eigenvalue weighted by Crippen LogP contribution is -2.50. The zero-order chi connectivity index (χ0) is 24.0. The van der Waals surface area contributed by atoms with Gasteiger partial charge in [-0.05, 0) is 42.0 Å². The van der Waals surface area contributed by atoms with Crippen LogP contribution in [-0.4, -0.2) is 72.3 Å². The fraction of sp³-hybridized carbons (Fsp3) is 0.333. The molecular weight excluding hydrogens is 464 g/mol. The molecule has 0 radical (unpaired) electrons. The Bertz CT molecular complexity index is 1130. The second kappa shape index (κ2) is 11.1. The van der Waals surface area contributed by atoms with Gasteiger partial charge in [-0.3, -0.25) is 14.6 Å². The van der Waals surface area contributed by atoms with E-state index >= 15 is 0 Å². The summed E-state index contributed by atoms with van der Waals surface area (Å²) >= 11 is 6.05. The number of piperazine rings is 1. The minimum absolute atomic E-state index is 0.0174. The number of amides is 1. The van der Waals surface area contributed by atoms with Crippen molar-refractivity contribution in [2.45, 2.75) is 12.5 Å². The van der Waals surface area contributed by atoms with Crippen LogP contribution < -0.4 is 4.74 Å². The van der Waals surface area contributed by atoms with E-state index in [2.05, 4.69) is 9.80 Å². The lowest BCUT2D eigenvalue weighted by molar-refractivity contribution is -0.135. The molecule has 0 saturated carbocycles. The van der Waals surface area contributed by atoms with Crippen LogP contribution >= 0.6 is 11.6 Å². The highest BCUT2D eigenvalue weighted by molar-refractivity contribution is 6.30. The Kier molecular flexibility index (Phi) is 7.47. The first-order valence-corrected chi connectivity index (χ1v) is 12.3. The van der Waals surface area contributed by atoms with Crippen molar-refractivity contribution in [3.63, 3.8) is 0 Å². The van der Waals surface area contributed by atoms with E-state index in [1.54, 1.807) is 11.3 Å². The van der Waals surface area contributed by atoms with E-state index in [4.69, 9.17) is 25.9 Å². The van der Waals surface area contributed by atoms with Crippen LogP contribution in [0.1, 0.15) is 23.8 Å². The number of ether oxygens (including phenoxy) is 1. The molecule has 2 aliphatic rings. The van der Waals surface area contributed by atoms with E-state index in [0.717, 1.165) is 55.5 Å². The van der Waals surface area contributed by atoms with Gasteiger partial charge >= 0.3 is 0 Å². The van der Waals surface area contributed by atoms with Gasteiger partial charge in [0.2, 0.25) is 0 Å². The molecule has 1 amide bonds. The lowest BCUT2D eigenvalue weighted by atomic mass is 10.0. The number of hydrogen-bond acceptors (Lipinski definition) is 6. The molecule has 3 heterocycles. The molecule has 182 valence electrons. The molecule has 1 aromatic heterocycles. The highest BCUT2D eigenvalue weighted by Crippen LogP contribution is 2.33. The normalized spacial score (nSPS) is 19.1. The fourth-order valence-electron chi connectivity index (χ4n) is 4.50. The molecule has 8 heteroatoms. The molecule has 5 rings (SSSR count). The zero-order valence-electron chi connectivity index (χ0n) is 19.6. The first-order chi connectivity index (χ1) is 17.2. The number of nitrogens with zero attached hydrogens (tertiary/aromatic N) is 4. The highest BCUT2D eigenvalue weighted by atomic mass is 35.5. The topological polar surface area (TPSA) is 61.5 Å². The third-order valence-electron chi connectivity index (χ3n) is 6.46. The summed E-state index contributed by atoms with van der Waals surface area (Å²) in [6.45, 7) is 5.36. The van der Waals surface area contributed by atoms with Crippen molar-refractivity contribution < 1.29 is 13.9 Å². The van der Waals surface area contributed by atoms with Gasteiger partial charge in [0, 0.05) is 44.2 Å². The van der Waals surface area contributed by atoms with Crippen molar-refractivity contribution in [1.82, 2.24) is 14.8 Å². The molecule has 0 aliphatic carbocycles. The summed E-state index contributed by atoms with van der Waals surface area (Å²) in [4.78, 5) is 17.9. The van der Waals surface area contributed by atoms with E-state index in [1.165, 1.54) is 0 Å². The molecule has 2 aliphatic heterocycles. The summed E-state index contributed by atoms with van der Waals surface area (Å²) in [5.74, 6) is 1.62. The number of rotatable bonds is 8. The summed E-state index contributed by atoms with van der Waals surface area (Å²) in [7, 11) is 0. The van der Waals surface area contributed by atoms with Crippen molar-refractivity contribution in [1.29, 1.82) is 0 Å². The van der Waals surface area contributed by atoms with Crippen molar-refractivity contribution in [2.75, 3.05) is 45.9 Å². The Labute approximate surface area is 210 Å². The van der Waals surface area contributed by atoms with E-state index in [9.17, 15) is 4.79 Å². The number of hydrazone groups is 1. The number of carbonyl (C=O) groups is 1. The first-order valence-electron chi connectivity index (χ1n) is 12.0. The molecule has 1 saturated heterocycles. The van der Waals surface area contributed by atoms with E-state index in [-0.39, 0.29) is 11.9 Å². The van der Waals surface area contributed by atoms with Crippen molar-refractivity contribution in [2.24, 2.45) is 5.10 Å². The van der Waals surface area contributed by atoms with Crippen molar-refractivity contribution in [3.8, 4) is 5.75 Å². The number of carbonyl (C=O) groups excluding carboxylic acids is 1. The lowest BCUT2D eigenvalue weighted by Gasteiger charge is -2.34. The highest BCUT2D eigenvalue weighted by Gasteiger charge is 2.35. The maximum atomic E-state index is 13.3. The molecule has 0 bridgehead atoms. The largest absolute Gasteiger partial charge is 0.492 e. The number of para-hydroxylation sites is 1. The molecule has 2 aromatic carbocycles. The van der Waals surface area contributed by atoms with Crippen molar-refractivity contribution in [3.05, 3.63) is 89.3 Å². The molecule has 3 aromatic rings. The molecule has 35 heavy (non-hydrogen) atoms. The molecular formula is C27H29ClN4O3. The van der Waals surface area contributed by atoms with E-state index in [1.807, 2.05) is 66.7 Å². The molecule has 7 nitrogen and oxygen atoms in total. The van der Waals surface area contributed by atoms with Gasteiger partial charge in [0.25, 0.3) is 5.91 Å². The van der Waals surface area contributed by atoms with Gasteiger partial charge < -0.3 is 9.15 Å². The number of halogens is 1. The summed E-state index contributed by atoms with van der Waals surface area (Å²) in [6, 6.07) is 21.0. The third-order valence-corrected chi connectivity index (χ3v) is 6.71. The smallest absolute Gasteiger partial charge is 0.257 e. The first kappa shape index (κ1) is 23.6. The van der Waals surface area contributed by atoms with Gasteiger partial charge in [0.05, 0.1) is 18.5 Å². The summed E-state index contributed by atoms with van der Waals surface area (Å²) in [5.41, 5.74) is 1.83. The minimum atomic E-state index is -0.236. The van der Waals surface area contributed by atoms with Gasteiger partial charge in [-0.25, -0.2) is 5.01 Å². The average molecular weight is 493 g/mol. The fourth-order valence-corrected chi connectivity index (χ4v) is 4.63. The van der Waals surface area contributed by atoms with Gasteiger partial charge in [0.15, 0.2) is 0 Å². The molecule has 0 spiro atoms. The second-order valence-electron chi connectivity index (χ2n) is 8.81. The predicted octanol–water partition coefficient (Wildman–Crippen LogP) is 4.31. The number of hydrogen-bond donors (Lipinski definition) is 0. The zero-order valence-corrected chi connectivity index (χ0v) is 20.3. The summed E-state index contributed by atoms with van der Waals surface area (Å²) in [5, 5.41) is 6.99. The Morgan fingerprint density at radius 2 is 1.71 bits per heavy atom. The number of benzene rings is 2. The monoisotopic (exact) mass is 492 g/mol. The van der Waals surface area contributed by atoms with Crippen LogP contribution in [0.2, 0.25) is 5.02 Å². The van der Waals surface area contributed by atoms with Gasteiger partial charge in [-0.1, -0.05) is 41.9 Å².